The van der Waals surface area contributed by atoms with Gasteiger partial charge >= 0.3 is 0 Å². The van der Waals surface area contributed by atoms with Crippen molar-refractivity contribution in [1.29, 1.82) is 5.26 Å². The molecule has 31 heavy (non-hydrogen) atoms. The van der Waals surface area contributed by atoms with Crippen LogP contribution in [-0.4, -0.2) is 29.3 Å². The van der Waals surface area contributed by atoms with Crippen molar-refractivity contribution in [3.63, 3.8) is 0 Å². The minimum atomic E-state index is -0.600. The second-order valence-corrected chi connectivity index (χ2v) is 6.66. The molecule has 4 rings (SSSR count). The second kappa shape index (κ2) is 7.72. The van der Waals surface area contributed by atoms with E-state index in [4.69, 9.17) is 19.9 Å². The summed E-state index contributed by atoms with van der Waals surface area (Å²) in [6.45, 7) is 0. The number of non-ortho nitro benzene ring substituents is 1. The number of methoxy groups -OCH3 is 2. The summed E-state index contributed by atoms with van der Waals surface area (Å²) >= 11 is 0. The molecule has 0 saturated heterocycles. The largest absolute Gasteiger partial charge is 0.493 e. The zero-order valence-electron chi connectivity index (χ0n) is 16.6. The monoisotopic (exact) mass is 419 g/mol. The SMILES string of the molecule is COc1ccc(C2C(C#N)=C(N)Oc3n[nH]c(-c4ccc([N+](=O)[O-])cc4)c32)cc1OC. The van der Waals surface area contributed by atoms with Crippen LogP contribution in [0.15, 0.2) is 53.9 Å². The number of ether oxygens (including phenoxy) is 3. The number of hydrogen-bond acceptors (Lipinski definition) is 8. The summed E-state index contributed by atoms with van der Waals surface area (Å²) in [6.07, 6.45) is 0. The van der Waals surface area contributed by atoms with Crippen molar-refractivity contribution in [2.24, 2.45) is 5.73 Å². The minimum Gasteiger partial charge on any atom is -0.493 e. The van der Waals surface area contributed by atoms with E-state index in [0.29, 0.717) is 33.9 Å². The molecule has 2 aromatic carbocycles. The van der Waals surface area contributed by atoms with Gasteiger partial charge in [-0.15, -0.1) is 5.10 Å². The molecule has 1 aliphatic heterocycles. The van der Waals surface area contributed by atoms with E-state index in [1.165, 1.54) is 26.4 Å². The van der Waals surface area contributed by atoms with Crippen LogP contribution in [-0.2, 0) is 0 Å². The van der Waals surface area contributed by atoms with Gasteiger partial charge in [0.2, 0.25) is 11.8 Å². The molecule has 2 heterocycles. The number of rotatable bonds is 5. The van der Waals surface area contributed by atoms with Crippen molar-refractivity contribution in [3.05, 3.63) is 75.2 Å². The molecule has 1 aromatic heterocycles. The molecule has 1 unspecified atom stereocenters. The van der Waals surface area contributed by atoms with Crippen LogP contribution in [0.5, 0.6) is 17.4 Å². The Hall–Kier alpha value is -4.52. The first kappa shape index (κ1) is 19.8. The first-order chi connectivity index (χ1) is 15.0. The van der Waals surface area contributed by atoms with E-state index >= 15 is 0 Å². The maximum absolute atomic E-state index is 11.0. The van der Waals surface area contributed by atoms with Crippen molar-refractivity contribution < 1.29 is 19.1 Å². The molecule has 0 saturated carbocycles. The summed E-state index contributed by atoms with van der Waals surface area (Å²) in [4.78, 5) is 10.5. The zero-order valence-corrected chi connectivity index (χ0v) is 16.6. The van der Waals surface area contributed by atoms with Crippen LogP contribution in [0, 0.1) is 21.4 Å². The topological polar surface area (TPSA) is 149 Å². The Morgan fingerprint density at radius 3 is 2.52 bits per heavy atom. The molecule has 3 N–H and O–H groups in total. The average molecular weight is 419 g/mol. The van der Waals surface area contributed by atoms with E-state index in [9.17, 15) is 15.4 Å². The van der Waals surface area contributed by atoms with Gasteiger partial charge in [-0.2, -0.15) is 5.26 Å². The van der Waals surface area contributed by atoms with Gasteiger partial charge in [0.25, 0.3) is 5.69 Å². The summed E-state index contributed by atoms with van der Waals surface area (Å²) < 4.78 is 16.3. The Kier molecular flexibility index (Phi) is 4.92. The van der Waals surface area contributed by atoms with Crippen molar-refractivity contribution in [1.82, 2.24) is 10.2 Å². The molecule has 0 spiro atoms. The highest BCUT2D eigenvalue weighted by atomic mass is 16.6. The van der Waals surface area contributed by atoms with E-state index in [2.05, 4.69) is 16.3 Å². The smallest absolute Gasteiger partial charge is 0.269 e. The molecule has 1 aliphatic rings. The van der Waals surface area contributed by atoms with Crippen LogP contribution >= 0.6 is 0 Å². The molecule has 10 heteroatoms. The number of nitriles is 1. The molecule has 3 aromatic rings. The van der Waals surface area contributed by atoms with Gasteiger partial charge in [-0.1, -0.05) is 6.07 Å². The highest BCUT2D eigenvalue weighted by molar-refractivity contribution is 5.71. The fourth-order valence-corrected chi connectivity index (χ4v) is 3.58. The van der Waals surface area contributed by atoms with E-state index in [1.807, 2.05) is 0 Å². The van der Waals surface area contributed by atoms with E-state index in [0.717, 1.165) is 0 Å². The fraction of sp³-hybridized carbons (Fsp3) is 0.143. The number of hydrogen-bond donors (Lipinski definition) is 2. The number of benzene rings is 2. The molecule has 0 radical (unpaired) electrons. The Morgan fingerprint density at radius 1 is 1.19 bits per heavy atom. The van der Waals surface area contributed by atoms with Crippen molar-refractivity contribution in [2.75, 3.05) is 14.2 Å². The third kappa shape index (κ3) is 3.28. The lowest BCUT2D eigenvalue weighted by atomic mass is 9.83. The van der Waals surface area contributed by atoms with Crippen LogP contribution in [0.25, 0.3) is 11.3 Å². The van der Waals surface area contributed by atoms with E-state index in [-0.39, 0.29) is 23.0 Å². The maximum atomic E-state index is 11.0. The molecule has 10 nitrogen and oxygen atoms in total. The predicted octanol–water partition coefficient (Wildman–Crippen LogP) is 3.22. The van der Waals surface area contributed by atoms with Gasteiger partial charge in [-0.05, 0) is 29.8 Å². The van der Waals surface area contributed by atoms with Crippen molar-refractivity contribution in [3.8, 4) is 34.7 Å². The number of nitrogens with zero attached hydrogens (tertiary/aromatic N) is 3. The number of fused-ring (bicyclic) bond motifs is 1. The summed E-state index contributed by atoms with van der Waals surface area (Å²) in [5.74, 6) is 0.611. The van der Waals surface area contributed by atoms with Crippen LogP contribution in [0.4, 0.5) is 5.69 Å². The highest BCUT2D eigenvalue weighted by Crippen LogP contribution is 2.47. The van der Waals surface area contributed by atoms with Crippen LogP contribution < -0.4 is 19.9 Å². The molecule has 0 aliphatic carbocycles. The lowest BCUT2D eigenvalue weighted by molar-refractivity contribution is -0.384. The Morgan fingerprint density at radius 2 is 1.90 bits per heavy atom. The molecule has 0 amide bonds. The molecule has 0 fully saturated rings. The predicted molar refractivity (Wildman–Crippen MR) is 110 cm³/mol. The second-order valence-electron chi connectivity index (χ2n) is 6.66. The summed E-state index contributed by atoms with van der Waals surface area (Å²) in [5.41, 5.74) is 8.70. The normalized spacial score (nSPS) is 14.9. The van der Waals surface area contributed by atoms with Crippen LogP contribution in [0.2, 0.25) is 0 Å². The van der Waals surface area contributed by atoms with Gasteiger partial charge in [0.1, 0.15) is 11.6 Å². The lowest BCUT2D eigenvalue weighted by Crippen LogP contribution is -2.21. The highest BCUT2D eigenvalue weighted by Gasteiger charge is 2.36. The lowest BCUT2D eigenvalue weighted by Gasteiger charge is -2.24. The number of allylic oxidation sites excluding steroid dienone is 1. The molecule has 0 bridgehead atoms. The Labute approximate surface area is 176 Å². The molecule has 156 valence electrons. The molecular formula is C21H17N5O5. The number of nitrogens with one attached hydrogen (secondary N) is 1. The number of H-pyrrole nitrogens is 1. The van der Waals surface area contributed by atoms with Gasteiger partial charge in [-0.3, -0.25) is 15.2 Å². The number of nitro benzene ring substituents is 1. The maximum Gasteiger partial charge on any atom is 0.269 e. The minimum absolute atomic E-state index is 0.0355. The Bertz CT molecular complexity index is 1240. The van der Waals surface area contributed by atoms with Gasteiger partial charge in [0.05, 0.1) is 36.3 Å². The average Bonchev–Trinajstić information content (AvgIpc) is 3.20. The van der Waals surface area contributed by atoms with Crippen LogP contribution in [0.1, 0.15) is 17.0 Å². The van der Waals surface area contributed by atoms with Crippen molar-refractivity contribution >= 4 is 5.69 Å². The summed E-state index contributed by atoms with van der Waals surface area (Å²) in [7, 11) is 3.05. The van der Waals surface area contributed by atoms with Gasteiger partial charge in [-0.25, -0.2) is 0 Å². The number of aromatic nitrogens is 2. The Balaban J connectivity index is 1.90. The van der Waals surface area contributed by atoms with Gasteiger partial charge in [0, 0.05) is 17.7 Å². The fourth-order valence-electron chi connectivity index (χ4n) is 3.58. The third-order valence-corrected chi connectivity index (χ3v) is 5.05. The van der Waals surface area contributed by atoms with Crippen LogP contribution in [0.3, 0.4) is 0 Å². The van der Waals surface area contributed by atoms with E-state index in [1.54, 1.807) is 30.3 Å². The third-order valence-electron chi connectivity index (χ3n) is 5.05. The van der Waals surface area contributed by atoms with Gasteiger partial charge in [0.15, 0.2) is 11.5 Å². The quantitative estimate of drug-likeness (QED) is 0.473. The standard InChI is InChI=1S/C21H17N5O5/c1-29-15-8-5-12(9-16(15)30-2)17-14(10-22)20(23)31-21-18(17)19(24-25-21)11-3-6-13(7-4-11)26(27)28/h3-9,17H,23H2,1-2H3,(H,24,25). The first-order valence-corrected chi connectivity index (χ1v) is 9.11. The zero-order chi connectivity index (χ0) is 22.1. The van der Waals surface area contributed by atoms with Gasteiger partial charge < -0.3 is 19.9 Å². The molecular weight excluding hydrogens is 402 g/mol. The van der Waals surface area contributed by atoms with Crippen molar-refractivity contribution in [2.45, 2.75) is 5.92 Å². The summed E-state index contributed by atoms with van der Waals surface area (Å²) in [5, 5.41) is 27.9. The molecule has 1 atom stereocenters. The number of aromatic amines is 1. The number of nitro groups is 1. The number of nitrogens with two attached hydrogens (primary N) is 1. The summed E-state index contributed by atoms with van der Waals surface area (Å²) in [6, 6.07) is 13.4. The van der Waals surface area contributed by atoms with E-state index < -0.39 is 10.8 Å². The first-order valence-electron chi connectivity index (χ1n) is 9.11.